The molecule has 1 aliphatic heterocycles. The van der Waals surface area contributed by atoms with Gasteiger partial charge in [-0.25, -0.2) is 0 Å². The highest BCUT2D eigenvalue weighted by Crippen LogP contribution is 2.47. The molecule has 0 bridgehead atoms. The largest absolute Gasteiger partial charge is 0.493 e. The molecule has 0 aromatic heterocycles. The van der Waals surface area contributed by atoms with Crippen LogP contribution in [0.15, 0.2) is 18.2 Å². The van der Waals surface area contributed by atoms with Gasteiger partial charge in [0.25, 0.3) is 0 Å². The molecule has 3 fully saturated rings. The summed E-state index contributed by atoms with van der Waals surface area (Å²) in [6, 6.07) is 5.59. The summed E-state index contributed by atoms with van der Waals surface area (Å²) < 4.78 is 11.6. The van der Waals surface area contributed by atoms with E-state index < -0.39 is 17.6 Å². The molecule has 1 aromatic carbocycles. The van der Waals surface area contributed by atoms with Crippen molar-refractivity contribution >= 4 is 5.91 Å². The third-order valence-electron chi connectivity index (χ3n) is 8.20. The summed E-state index contributed by atoms with van der Waals surface area (Å²) >= 11 is 0. The molecule has 1 amide bonds. The van der Waals surface area contributed by atoms with E-state index in [0.29, 0.717) is 25.6 Å². The zero-order valence-electron chi connectivity index (χ0n) is 19.9. The van der Waals surface area contributed by atoms with Crippen molar-refractivity contribution in [2.24, 2.45) is 23.0 Å². The molecule has 1 aromatic rings. The highest BCUT2D eigenvalue weighted by molar-refractivity contribution is 5.82. The van der Waals surface area contributed by atoms with E-state index in [0.717, 1.165) is 42.7 Å². The number of carbonyl (C=O) groups is 1. The number of aliphatic hydroxyl groups excluding tert-OH is 1. The number of hydrogen-bond acceptors (Lipinski definition) is 5. The lowest BCUT2D eigenvalue weighted by molar-refractivity contribution is -0.133. The van der Waals surface area contributed by atoms with Crippen LogP contribution in [0.2, 0.25) is 0 Å². The van der Waals surface area contributed by atoms with Gasteiger partial charge in [0.1, 0.15) is 0 Å². The van der Waals surface area contributed by atoms with Crippen LogP contribution in [0.25, 0.3) is 0 Å². The van der Waals surface area contributed by atoms with Crippen molar-refractivity contribution in [3.05, 3.63) is 23.8 Å². The lowest BCUT2D eigenvalue weighted by Gasteiger charge is -2.34. The molecule has 4 unspecified atom stereocenters. The van der Waals surface area contributed by atoms with Crippen LogP contribution in [0.1, 0.15) is 70.3 Å². The second kappa shape index (κ2) is 9.60. The molecule has 4 atom stereocenters. The van der Waals surface area contributed by atoms with Gasteiger partial charge in [-0.3, -0.25) is 4.79 Å². The van der Waals surface area contributed by atoms with Crippen LogP contribution in [0.4, 0.5) is 0 Å². The average molecular weight is 445 g/mol. The summed E-state index contributed by atoms with van der Waals surface area (Å²) in [5.74, 6) is 2.42. The number of rotatable bonds is 8. The van der Waals surface area contributed by atoms with Crippen LogP contribution >= 0.6 is 0 Å². The minimum atomic E-state index is -0.561. The fraction of sp³-hybridized carbons (Fsp3) is 0.731. The van der Waals surface area contributed by atoms with Gasteiger partial charge in [0.2, 0.25) is 5.91 Å². The molecule has 0 radical (unpaired) electrons. The molecule has 1 saturated heterocycles. The lowest BCUT2D eigenvalue weighted by atomic mass is 9.72. The number of nitrogens with zero attached hydrogens (tertiary/aromatic N) is 1. The lowest BCUT2D eigenvalue weighted by Crippen LogP contribution is -2.48. The molecular weight excluding hydrogens is 404 g/mol. The second-order valence-electron chi connectivity index (χ2n) is 10.5. The van der Waals surface area contributed by atoms with Gasteiger partial charge in [-0.15, -0.1) is 0 Å². The summed E-state index contributed by atoms with van der Waals surface area (Å²) in [7, 11) is 1.65. The second-order valence-corrected chi connectivity index (χ2v) is 10.5. The van der Waals surface area contributed by atoms with E-state index in [1.54, 1.807) is 7.11 Å². The molecule has 32 heavy (non-hydrogen) atoms. The van der Waals surface area contributed by atoms with Gasteiger partial charge >= 0.3 is 0 Å². The SMILES string of the molecule is COc1ccc(C2CN(C(=O)C(N)C3CCCCC3)CC2(C)C(C)O)cc1OCC1CC1. The molecule has 6 heteroatoms. The first-order valence-electron chi connectivity index (χ1n) is 12.4. The summed E-state index contributed by atoms with van der Waals surface area (Å²) in [4.78, 5) is 15.3. The molecule has 2 saturated carbocycles. The van der Waals surface area contributed by atoms with Crippen molar-refractivity contribution in [2.75, 3.05) is 26.8 Å². The Bertz CT molecular complexity index is 803. The Morgan fingerprint density at radius 3 is 2.56 bits per heavy atom. The third kappa shape index (κ3) is 4.76. The molecule has 2 aliphatic carbocycles. The third-order valence-corrected chi connectivity index (χ3v) is 8.20. The van der Waals surface area contributed by atoms with E-state index in [9.17, 15) is 9.90 Å². The van der Waals surface area contributed by atoms with Crippen molar-refractivity contribution in [1.29, 1.82) is 0 Å². The van der Waals surface area contributed by atoms with Crippen LogP contribution in [-0.4, -0.2) is 54.9 Å². The number of likely N-dealkylation sites (tertiary alicyclic amines) is 1. The Labute approximate surface area is 192 Å². The summed E-state index contributed by atoms with van der Waals surface area (Å²) in [5.41, 5.74) is 7.08. The van der Waals surface area contributed by atoms with E-state index in [2.05, 4.69) is 6.92 Å². The number of amides is 1. The summed E-state index contributed by atoms with van der Waals surface area (Å²) in [5, 5.41) is 10.8. The van der Waals surface area contributed by atoms with Crippen molar-refractivity contribution in [3.8, 4) is 11.5 Å². The van der Waals surface area contributed by atoms with Gasteiger partial charge in [-0.2, -0.15) is 0 Å². The van der Waals surface area contributed by atoms with Crippen molar-refractivity contribution in [1.82, 2.24) is 4.90 Å². The number of nitrogens with two attached hydrogens (primary N) is 1. The summed E-state index contributed by atoms with van der Waals surface area (Å²) in [6.07, 6.45) is 7.53. The number of benzene rings is 1. The molecule has 0 spiro atoms. The van der Waals surface area contributed by atoms with Crippen LogP contribution in [0, 0.1) is 17.3 Å². The van der Waals surface area contributed by atoms with E-state index in [1.807, 2.05) is 30.0 Å². The van der Waals surface area contributed by atoms with E-state index in [1.165, 1.54) is 19.3 Å². The Balaban J connectivity index is 1.55. The first-order chi connectivity index (χ1) is 15.3. The Morgan fingerprint density at radius 1 is 1.22 bits per heavy atom. The number of carbonyl (C=O) groups excluding carboxylic acids is 1. The first-order valence-corrected chi connectivity index (χ1v) is 12.4. The van der Waals surface area contributed by atoms with E-state index in [-0.39, 0.29) is 17.7 Å². The maximum atomic E-state index is 13.4. The average Bonchev–Trinajstić information content (AvgIpc) is 3.57. The Hall–Kier alpha value is -1.79. The van der Waals surface area contributed by atoms with Gasteiger partial charge in [0.05, 0.1) is 25.9 Å². The summed E-state index contributed by atoms with van der Waals surface area (Å²) in [6.45, 7) is 5.69. The van der Waals surface area contributed by atoms with Crippen molar-refractivity contribution in [3.63, 3.8) is 0 Å². The highest BCUT2D eigenvalue weighted by Gasteiger charge is 2.49. The van der Waals surface area contributed by atoms with Crippen molar-refractivity contribution < 1.29 is 19.4 Å². The van der Waals surface area contributed by atoms with E-state index >= 15 is 0 Å². The minimum absolute atomic E-state index is 0.000753. The van der Waals surface area contributed by atoms with Gasteiger partial charge in [-0.05, 0) is 62.1 Å². The predicted octanol–water partition coefficient (Wildman–Crippen LogP) is 3.70. The number of ether oxygens (including phenoxy) is 2. The topological polar surface area (TPSA) is 85.0 Å². The quantitative estimate of drug-likeness (QED) is 0.639. The molecule has 6 nitrogen and oxygen atoms in total. The zero-order valence-corrected chi connectivity index (χ0v) is 19.9. The van der Waals surface area contributed by atoms with E-state index in [4.69, 9.17) is 15.2 Å². The maximum Gasteiger partial charge on any atom is 0.239 e. The van der Waals surface area contributed by atoms with Gasteiger partial charge < -0.3 is 25.2 Å². The number of hydrogen-bond donors (Lipinski definition) is 2. The molecule has 4 rings (SSSR count). The number of aliphatic hydroxyl groups is 1. The van der Waals surface area contributed by atoms with Crippen LogP contribution in [0.5, 0.6) is 11.5 Å². The molecule has 1 heterocycles. The fourth-order valence-corrected chi connectivity index (χ4v) is 5.51. The normalized spacial score (nSPS) is 28.4. The molecular formula is C26H40N2O4. The van der Waals surface area contributed by atoms with Crippen LogP contribution in [-0.2, 0) is 4.79 Å². The smallest absolute Gasteiger partial charge is 0.239 e. The van der Waals surface area contributed by atoms with Crippen LogP contribution < -0.4 is 15.2 Å². The molecule has 3 aliphatic rings. The van der Waals surface area contributed by atoms with Gasteiger partial charge in [0, 0.05) is 24.4 Å². The minimum Gasteiger partial charge on any atom is -0.493 e. The van der Waals surface area contributed by atoms with Gasteiger partial charge in [-0.1, -0.05) is 32.3 Å². The predicted molar refractivity (Wildman–Crippen MR) is 125 cm³/mol. The standard InChI is InChI=1S/C26H40N2O4/c1-17(29)26(2)16-28(25(30)24(27)19-7-5-4-6-8-19)14-21(26)20-11-12-22(31-3)23(13-20)32-15-18-9-10-18/h11-13,17-19,21,24,29H,4-10,14-16,27H2,1-3H3. The first kappa shape index (κ1) is 23.4. The highest BCUT2D eigenvalue weighted by atomic mass is 16.5. The number of methoxy groups -OCH3 is 1. The van der Waals surface area contributed by atoms with Gasteiger partial charge in [0.15, 0.2) is 11.5 Å². The molecule has 3 N–H and O–H groups in total. The fourth-order valence-electron chi connectivity index (χ4n) is 5.51. The Morgan fingerprint density at radius 2 is 1.94 bits per heavy atom. The Kier molecular flexibility index (Phi) is 7.01. The zero-order chi connectivity index (χ0) is 22.9. The molecule has 178 valence electrons. The van der Waals surface area contributed by atoms with Crippen molar-refractivity contribution in [2.45, 2.75) is 76.9 Å². The van der Waals surface area contributed by atoms with Crippen LogP contribution in [0.3, 0.4) is 0 Å². The maximum absolute atomic E-state index is 13.4. The monoisotopic (exact) mass is 444 g/mol.